The maximum absolute atomic E-state index is 13.8. The van der Waals surface area contributed by atoms with Crippen LogP contribution >= 0.6 is 0 Å². The van der Waals surface area contributed by atoms with E-state index in [9.17, 15) is 4.39 Å². The molecule has 120 valence electrons. The van der Waals surface area contributed by atoms with Gasteiger partial charge in [-0.25, -0.2) is 4.39 Å². The van der Waals surface area contributed by atoms with E-state index in [2.05, 4.69) is 39.9 Å². The molecule has 0 spiro atoms. The van der Waals surface area contributed by atoms with Crippen molar-refractivity contribution in [1.82, 2.24) is 5.32 Å². The summed E-state index contributed by atoms with van der Waals surface area (Å²) >= 11 is 0. The molecule has 1 nitrogen and oxygen atoms in total. The summed E-state index contributed by atoms with van der Waals surface area (Å²) in [5, 5.41) is 3.57. The highest BCUT2D eigenvalue weighted by atomic mass is 19.1. The Morgan fingerprint density at radius 2 is 1.67 bits per heavy atom. The molecule has 2 heteroatoms. The minimum atomic E-state index is -0.0725. The number of rotatable bonds is 6. The van der Waals surface area contributed by atoms with E-state index < -0.39 is 0 Å². The standard InChI is InChI=1S/C19H32FN/c1-8-21-17(9-13(2)12-19(5,6)7)16-10-14(3)18(20)15(4)11-16/h10-11,13,17,21H,8-9,12H2,1-7H3. The molecule has 0 fully saturated rings. The molecule has 1 aromatic rings. The lowest BCUT2D eigenvalue weighted by molar-refractivity contribution is 0.276. The van der Waals surface area contributed by atoms with Gasteiger partial charge in [-0.2, -0.15) is 0 Å². The van der Waals surface area contributed by atoms with Gasteiger partial charge in [-0.1, -0.05) is 46.8 Å². The Morgan fingerprint density at radius 3 is 2.10 bits per heavy atom. The third kappa shape index (κ3) is 5.78. The number of nitrogens with one attached hydrogen (secondary N) is 1. The van der Waals surface area contributed by atoms with E-state index in [0.29, 0.717) is 17.4 Å². The van der Waals surface area contributed by atoms with E-state index in [0.717, 1.165) is 24.1 Å². The van der Waals surface area contributed by atoms with Gasteiger partial charge in [0.2, 0.25) is 0 Å². The van der Waals surface area contributed by atoms with E-state index in [1.165, 1.54) is 12.0 Å². The van der Waals surface area contributed by atoms with Crippen molar-refractivity contribution in [3.05, 3.63) is 34.6 Å². The quantitative estimate of drug-likeness (QED) is 0.724. The highest BCUT2D eigenvalue weighted by molar-refractivity contribution is 5.32. The van der Waals surface area contributed by atoms with Crippen LogP contribution in [0.15, 0.2) is 12.1 Å². The highest BCUT2D eigenvalue weighted by Gasteiger charge is 2.20. The van der Waals surface area contributed by atoms with E-state index in [1.54, 1.807) is 0 Å². The summed E-state index contributed by atoms with van der Waals surface area (Å²) in [7, 11) is 0. The van der Waals surface area contributed by atoms with Gasteiger partial charge >= 0.3 is 0 Å². The van der Waals surface area contributed by atoms with Crippen molar-refractivity contribution >= 4 is 0 Å². The highest BCUT2D eigenvalue weighted by Crippen LogP contribution is 2.31. The Labute approximate surface area is 130 Å². The third-order valence-corrected chi connectivity index (χ3v) is 3.91. The molecule has 0 heterocycles. The molecule has 0 aliphatic carbocycles. The normalized spacial score (nSPS) is 15.0. The van der Waals surface area contributed by atoms with Gasteiger partial charge in [0.1, 0.15) is 5.82 Å². The molecule has 2 unspecified atom stereocenters. The third-order valence-electron chi connectivity index (χ3n) is 3.91. The molecule has 0 aromatic heterocycles. The lowest BCUT2D eigenvalue weighted by Gasteiger charge is -2.28. The zero-order chi connectivity index (χ0) is 16.2. The topological polar surface area (TPSA) is 12.0 Å². The van der Waals surface area contributed by atoms with Crippen LogP contribution in [0.25, 0.3) is 0 Å². The van der Waals surface area contributed by atoms with E-state index >= 15 is 0 Å². The zero-order valence-electron chi connectivity index (χ0n) is 14.8. The summed E-state index contributed by atoms with van der Waals surface area (Å²) in [5.41, 5.74) is 3.06. The van der Waals surface area contributed by atoms with Crippen LogP contribution in [0.4, 0.5) is 4.39 Å². The molecule has 0 aliphatic rings. The first kappa shape index (κ1) is 18.2. The molecular formula is C19H32FN. The van der Waals surface area contributed by atoms with Crippen LogP contribution in [-0.4, -0.2) is 6.54 Å². The summed E-state index contributed by atoms with van der Waals surface area (Å²) in [4.78, 5) is 0. The second-order valence-corrected chi connectivity index (χ2v) is 7.68. The predicted molar refractivity (Wildman–Crippen MR) is 90.1 cm³/mol. The number of halogens is 1. The van der Waals surface area contributed by atoms with Crippen molar-refractivity contribution < 1.29 is 4.39 Å². The Kier molecular flexibility index (Phi) is 6.40. The molecule has 0 aliphatic heterocycles. The van der Waals surface area contributed by atoms with Crippen LogP contribution in [0.3, 0.4) is 0 Å². The Balaban J connectivity index is 2.91. The molecule has 1 N–H and O–H groups in total. The van der Waals surface area contributed by atoms with E-state index in [1.807, 2.05) is 26.0 Å². The van der Waals surface area contributed by atoms with Crippen molar-refractivity contribution in [2.75, 3.05) is 6.54 Å². The lowest BCUT2D eigenvalue weighted by atomic mass is 9.82. The fraction of sp³-hybridized carbons (Fsp3) is 0.684. The summed E-state index contributed by atoms with van der Waals surface area (Å²) < 4.78 is 13.8. The molecule has 21 heavy (non-hydrogen) atoms. The number of hydrogen-bond acceptors (Lipinski definition) is 1. The maximum atomic E-state index is 13.8. The summed E-state index contributed by atoms with van der Waals surface area (Å²) in [5.74, 6) is 0.566. The van der Waals surface area contributed by atoms with Crippen LogP contribution in [0, 0.1) is 31.0 Å². The van der Waals surface area contributed by atoms with Gasteiger partial charge in [0.25, 0.3) is 0 Å². The first-order chi connectivity index (χ1) is 9.64. The van der Waals surface area contributed by atoms with Crippen molar-refractivity contribution in [3.8, 4) is 0 Å². The zero-order valence-corrected chi connectivity index (χ0v) is 14.8. The van der Waals surface area contributed by atoms with Crippen LogP contribution in [0.2, 0.25) is 0 Å². The van der Waals surface area contributed by atoms with Gasteiger partial charge in [-0.05, 0) is 61.3 Å². The monoisotopic (exact) mass is 293 g/mol. The van der Waals surface area contributed by atoms with Crippen LogP contribution < -0.4 is 5.32 Å². The molecule has 0 bridgehead atoms. The predicted octanol–water partition coefficient (Wildman–Crippen LogP) is 5.56. The van der Waals surface area contributed by atoms with Crippen LogP contribution in [0.1, 0.15) is 70.2 Å². The molecule has 2 atom stereocenters. The molecule has 0 amide bonds. The van der Waals surface area contributed by atoms with Crippen molar-refractivity contribution in [2.24, 2.45) is 11.3 Å². The average molecular weight is 293 g/mol. The molecule has 1 aromatic carbocycles. The summed E-state index contributed by atoms with van der Waals surface area (Å²) in [6, 6.07) is 4.31. The van der Waals surface area contributed by atoms with E-state index in [-0.39, 0.29) is 5.82 Å². The summed E-state index contributed by atoms with van der Waals surface area (Å²) in [6.45, 7) is 16.0. The molecule has 0 saturated heterocycles. The Hall–Kier alpha value is -0.890. The van der Waals surface area contributed by atoms with Crippen molar-refractivity contribution in [2.45, 2.75) is 67.3 Å². The molecule has 0 saturated carbocycles. The lowest BCUT2D eigenvalue weighted by Crippen LogP contribution is -2.24. The molecule has 1 rings (SSSR count). The fourth-order valence-electron chi connectivity index (χ4n) is 3.30. The maximum Gasteiger partial charge on any atom is 0.129 e. The van der Waals surface area contributed by atoms with Crippen molar-refractivity contribution in [3.63, 3.8) is 0 Å². The summed E-state index contributed by atoms with van der Waals surface area (Å²) in [6.07, 6.45) is 2.30. The Bertz CT molecular complexity index is 436. The first-order valence-corrected chi connectivity index (χ1v) is 8.14. The minimum Gasteiger partial charge on any atom is -0.310 e. The average Bonchev–Trinajstić information content (AvgIpc) is 2.32. The van der Waals surface area contributed by atoms with Crippen molar-refractivity contribution in [1.29, 1.82) is 0 Å². The van der Waals surface area contributed by atoms with Gasteiger partial charge in [-0.15, -0.1) is 0 Å². The SMILES string of the molecule is CCNC(CC(C)CC(C)(C)C)c1cc(C)c(F)c(C)c1. The number of benzene rings is 1. The minimum absolute atomic E-state index is 0.0725. The number of aryl methyl sites for hydroxylation is 2. The molecule has 0 radical (unpaired) electrons. The van der Waals surface area contributed by atoms with E-state index in [4.69, 9.17) is 0 Å². The van der Waals surface area contributed by atoms with Gasteiger partial charge < -0.3 is 5.32 Å². The van der Waals surface area contributed by atoms with Crippen LogP contribution in [0.5, 0.6) is 0 Å². The smallest absolute Gasteiger partial charge is 0.129 e. The van der Waals surface area contributed by atoms with Gasteiger partial charge in [0.05, 0.1) is 0 Å². The molecular weight excluding hydrogens is 261 g/mol. The Morgan fingerprint density at radius 1 is 1.14 bits per heavy atom. The van der Waals surface area contributed by atoms with Gasteiger partial charge in [0, 0.05) is 6.04 Å². The van der Waals surface area contributed by atoms with Crippen LogP contribution in [-0.2, 0) is 0 Å². The number of hydrogen-bond donors (Lipinski definition) is 1. The first-order valence-electron chi connectivity index (χ1n) is 8.14. The second kappa shape index (κ2) is 7.40. The van der Waals surface area contributed by atoms with Gasteiger partial charge in [-0.3, -0.25) is 0 Å². The fourth-order valence-corrected chi connectivity index (χ4v) is 3.30. The second-order valence-electron chi connectivity index (χ2n) is 7.68. The van der Waals surface area contributed by atoms with Gasteiger partial charge in [0.15, 0.2) is 0 Å². The largest absolute Gasteiger partial charge is 0.310 e.